The van der Waals surface area contributed by atoms with Crippen LogP contribution in [0.5, 0.6) is 0 Å². The van der Waals surface area contributed by atoms with Gasteiger partial charge < -0.3 is 9.88 Å². The molecule has 1 aliphatic rings. The summed E-state index contributed by atoms with van der Waals surface area (Å²) in [4.78, 5) is 11.7. The van der Waals surface area contributed by atoms with Gasteiger partial charge in [-0.2, -0.15) is 0 Å². The number of nitrogens with one attached hydrogen (secondary N) is 1. The van der Waals surface area contributed by atoms with Crippen LogP contribution in [0.25, 0.3) is 0 Å². The fourth-order valence-electron chi connectivity index (χ4n) is 2.68. The van der Waals surface area contributed by atoms with Crippen LogP contribution < -0.4 is 5.32 Å². The van der Waals surface area contributed by atoms with E-state index in [1.165, 1.54) is 32.1 Å². The van der Waals surface area contributed by atoms with Crippen LogP contribution in [0.1, 0.15) is 44.9 Å². The van der Waals surface area contributed by atoms with E-state index in [0.29, 0.717) is 6.42 Å². The van der Waals surface area contributed by atoms with Crippen molar-refractivity contribution >= 4 is 5.91 Å². The van der Waals surface area contributed by atoms with Crippen molar-refractivity contribution in [2.75, 3.05) is 6.54 Å². The van der Waals surface area contributed by atoms with Crippen molar-refractivity contribution in [1.29, 1.82) is 0 Å². The fourth-order valence-corrected chi connectivity index (χ4v) is 2.68. The summed E-state index contributed by atoms with van der Waals surface area (Å²) in [5.41, 5.74) is 0. The predicted molar refractivity (Wildman–Crippen MR) is 73.3 cm³/mol. The minimum Gasteiger partial charge on any atom is -0.356 e. The van der Waals surface area contributed by atoms with E-state index in [1.807, 2.05) is 24.5 Å². The van der Waals surface area contributed by atoms with Crippen molar-refractivity contribution < 1.29 is 4.79 Å². The number of aromatic nitrogens is 1. The maximum absolute atomic E-state index is 11.7. The lowest BCUT2D eigenvalue weighted by atomic mass is 9.89. The molecule has 1 aromatic heterocycles. The number of carbonyl (C=O) groups excluding carboxylic acids is 1. The number of amides is 1. The quantitative estimate of drug-likeness (QED) is 0.825. The van der Waals surface area contributed by atoms with Gasteiger partial charge in [0.05, 0.1) is 0 Å². The number of carbonyl (C=O) groups is 1. The van der Waals surface area contributed by atoms with Crippen LogP contribution in [-0.4, -0.2) is 17.0 Å². The van der Waals surface area contributed by atoms with Crippen molar-refractivity contribution in [3.8, 4) is 0 Å². The van der Waals surface area contributed by atoms with E-state index in [9.17, 15) is 4.79 Å². The van der Waals surface area contributed by atoms with Crippen molar-refractivity contribution in [2.24, 2.45) is 5.92 Å². The van der Waals surface area contributed by atoms with Crippen molar-refractivity contribution in [2.45, 2.75) is 51.5 Å². The first-order valence-corrected chi connectivity index (χ1v) is 7.22. The molecule has 1 aliphatic carbocycles. The van der Waals surface area contributed by atoms with Gasteiger partial charge in [0.1, 0.15) is 0 Å². The fraction of sp³-hybridized carbons (Fsp3) is 0.667. The first kappa shape index (κ1) is 13.2. The Morgan fingerprint density at radius 3 is 2.61 bits per heavy atom. The topological polar surface area (TPSA) is 34.0 Å². The molecule has 1 saturated carbocycles. The molecule has 1 amide bonds. The van der Waals surface area contributed by atoms with E-state index in [4.69, 9.17) is 0 Å². The molecule has 2 rings (SSSR count). The van der Waals surface area contributed by atoms with Crippen LogP contribution in [-0.2, 0) is 11.3 Å². The Bertz CT molecular complexity index is 339. The van der Waals surface area contributed by atoms with Gasteiger partial charge in [0.25, 0.3) is 0 Å². The molecule has 18 heavy (non-hydrogen) atoms. The van der Waals surface area contributed by atoms with Gasteiger partial charge in [-0.15, -0.1) is 0 Å². The molecule has 3 heteroatoms. The molecule has 0 saturated heterocycles. The van der Waals surface area contributed by atoms with Gasteiger partial charge in [0, 0.05) is 31.9 Å². The first-order chi connectivity index (χ1) is 8.84. The zero-order chi connectivity index (χ0) is 12.6. The monoisotopic (exact) mass is 248 g/mol. The molecular weight excluding hydrogens is 224 g/mol. The zero-order valence-electron chi connectivity index (χ0n) is 11.1. The second-order valence-corrected chi connectivity index (χ2v) is 5.33. The van der Waals surface area contributed by atoms with E-state index >= 15 is 0 Å². The maximum Gasteiger partial charge on any atom is 0.220 e. The van der Waals surface area contributed by atoms with E-state index in [0.717, 1.165) is 25.4 Å². The molecule has 0 unspecified atom stereocenters. The minimum absolute atomic E-state index is 0.215. The van der Waals surface area contributed by atoms with Gasteiger partial charge in [-0.3, -0.25) is 4.79 Å². The SMILES string of the molecule is O=C(CCCn1cccc1)NCC1CCCCC1. The third-order valence-corrected chi connectivity index (χ3v) is 3.80. The minimum atomic E-state index is 0.215. The van der Waals surface area contributed by atoms with Crippen molar-refractivity contribution in [3.05, 3.63) is 24.5 Å². The number of nitrogens with zero attached hydrogens (tertiary/aromatic N) is 1. The van der Waals surface area contributed by atoms with Gasteiger partial charge in [-0.1, -0.05) is 19.3 Å². The standard InChI is InChI=1S/C15H24N2O/c18-15(9-6-12-17-10-4-5-11-17)16-13-14-7-2-1-3-8-14/h4-5,10-11,14H,1-3,6-9,12-13H2,(H,16,18). The van der Waals surface area contributed by atoms with Crippen LogP contribution in [0.4, 0.5) is 0 Å². The van der Waals surface area contributed by atoms with Crippen LogP contribution in [0.15, 0.2) is 24.5 Å². The molecule has 1 aromatic rings. The lowest BCUT2D eigenvalue weighted by Crippen LogP contribution is -2.30. The molecule has 1 heterocycles. The molecule has 0 aromatic carbocycles. The van der Waals surface area contributed by atoms with Crippen LogP contribution in [0.3, 0.4) is 0 Å². The van der Waals surface area contributed by atoms with Gasteiger partial charge >= 0.3 is 0 Å². The number of hydrogen-bond acceptors (Lipinski definition) is 1. The maximum atomic E-state index is 11.7. The van der Waals surface area contributed by atoms with Crippen molar-refractivity contribution in [1.82, 2.24) is 9.88 Å². The summed E-state index contributed by atoms with van der Waals surface area (Å²) < 4.78 is 2.12. The van der Waals surface area contributed by atoms with E-state index < -0.39 is 0 Å². The molecule has 3 nitrogen and oxygen atoms in total. The molecule has 0 atom stereocenters. The summed E-state index contributed by atoms with van der Waals surface area (Å²) >= 11 is 0. The Balaban J connectivity index is 1.54. The summed E-state index contributed by atoms with van der Waals surface area (Å²) in [6.07, 6.45) is 12.3. The molecule has 100 valence electrons. The average Bonchev–Trinajstić information content (AvgIpc) is 2.91. The zero-order valence-corrected chi connectivity index (χ0v) is 11.1. The van der Waals surface area contributed by atoms with Gasteiger partial charge in [0.15, 0.2) is 0 Å². The lowest BCUT2D eigenvalue weighted by Gasteiger charge is -2.21. The second kappa shape index (κ2) is 7.24. The van der Waals surface area contributed by atoms with Gasteiger partial charge in [-0.25, -0.2) is 0 Å². The van der Waals surface area contributed by atoms with E-state index in [1.54, 1.807) is 0 Å². The molecule has 0 bridgehead atoms. The summed E-state index contributed by atoms with van der Waals surface area (Å²) in [6.45, 7) is 1.83. The molecule has 0 spiro atoms. The Hall–Kier alpha value is -1.25. The second-order valence-electron chi connectivity index (χ2n) is 5.33. The average molecular weight is 248 g/mol. The number of hydrogen-bond donors (Lipinski definition) is 1. The molecule has 0 aliphatic heterocycles. The van der Waals surface area contributed by atoms with Crippen LogP contribution in [0.2, 0.25) is 0 Å². The van der Waals surface area contributed by atoms with Crippen molar-refractivity contribution in [3.63, 3.8) is 0 Å². The Morgan fingerprint density at radius 2 is 1.89 bits per heavy atom. The highest BCUT2D eigenvalue weighted by molar-refractivity contribution is 5.75. The summed E-state index contributed by atoms with van der Waals surface area (Å²) in [6, 6.07) is 4.03. The number of aryl methyl sites for hydroxylation is 1. The third-order valence-electron chi connectivity index (χ3n) is 3.80. The molecular formula is C15H24N2O. The van der Waals surface area contributed by atoms with E-state index in [-0.39, 0.29) is 5.91 Å². The Labute approximate surface area is 110 Å². The Morgan fingerprint density at radius 1 is 1.17 bits per heavy atom. The van der Waals surface area contributed by atoms with Gasteiger partial charge in [-0.05, 0) is 37.3 Å². The summed E-state index contributed by atoms with van der Waals surface area (Å²) in [7, 11) is 0. The highest BCUT2D eigenvalue weighted by Crippen LogP contribution is 2.22. The third kappa shape index (κ3) is 4.55. The largest absolute Gasteiger partial charge is 0.356 e. The van der Waals surface area contributed by atoms with Crippen LogP contribution in [0, 0.1) is 5.92 Å². The smallest absolute Gasteiger partial charge is 0.220 e. The Kier molecular flexibility index (Phi) is 5.31. The molecule has 1 fully saturated rings. The van der Waals surface area contributed by atoms with Crippen LogP contribution >= 0.6 is 0 Å². The molecule has 1 N–H and O–H groups in total. The lowest BCUT2D eigenvalue weighted by molar-refractivity contribution is -0.121. The first-order valence-electron chi connectivity index (χ1n) is 7.22. The number of rotatable bonds is 6. The highest BCUT2D eigenvalue weighted by atomic mass is 16.1. The normalized spacial score (nSPS) is 16.7. The molecule has 0 radical (unpaired) electrons. The highest BCUT2D eigenvalue weighted by Gasteiger charge is 2.13. The summed E-state index contributed by atoms with van der Waals surface area (Å²) in [5, 5.41) is 3.08. The predicted octanol–water partition coefficient (Wildman–Crippen LogP) is 2.96. The summed E-state index contributed by atoms with van der Waals surface area (Å²) in [5.74, 6) is 0.944. The van der Waals surface area contributed by atoms with E-state index in [2.05, 4.69) is 9.88 Å². The van der Waals surface area contributed by atoms with Gasteiger partial charge in [0.2, 0.25) is 5.91 Å².